The number of benzene rings is 1. The van der Waals surface area contributed by atoms with Gasteiger partial charge in [0.15, 0.2) is 0 Å². The van der Waals surface area contributed by atoms with Crippen LogP contribution in [0, 0.1) is 5.92 Å². The number of carbonyl (C=O) groups excluding carboxylic acids is 1. The Balaban J connectivity index is 1.59. The zero-order chi connectivity index (χ0) is 23.2. The summed E-state index contributed by atoms with van der Waals surface area (Å²) in [7, 11) is -3.68. The predicted molar refractivity (Wildman–Crippen MR) is 127 cm³/mol. The van der Waals surface area contributed by atoms with Crippen LogP contribution in [-0.4, -0.2) is 30.8 Å². The summed E-state index contributed by atoms with van der Waals surface area (Å²) in [5.74, 6) is 0.422. The van der Waals surface area contributed by atoms with Gasteiger partial charge in [0.05, 0.1) is 16.5 Å². The van der Waals surface area contributed by atoms with E-state index in [-0.39, 0.29) is 17.9 Å². The lowest BCUT2D eigenvalue weighted by Gasteiger charge is -2.19. The average molecular weight is 465 g/mol. The largest absolute Gasteiger partial charge is 0.345 e. The van der Waals surface area contributed by atoms with Crippen molar-refractivity contribution in [1.29, 1.82) is 0 Å². The smallest absolute Gasteiger partial charge is 0.253 e. The molecule has 7 nitrogen and oxygen atoms in total. The van der Waals surface area contributed by atoms with Crippen LogP contribution in [-0.2, 0) is 16.4 Å². The molecular formula is C25H28N4O3S. The van der Waals surface area contributed by atoms with Gasteiger partial charge in [0.1, 0.15) is 0 Å². The number of hydrogen-bond acceptors (Lipinski definition) is 5. The number of sulfonamides is 1. The number of pyridine rings is 2. The van der Waals surface area contributed by atoms with Crippen molar-refractivity contribution in [3.63, 3.8) is 0 Å². The standard InChI is InChI=1S/C25H28N4O3S/c1-15(2)12-28-33(31,32)23-10-17-7-8-21(29-25(30)18-4-3-9-26-13-18)24(17)20-14-27-22(11-19(20)23)16-5-6-16/h3-4,9-11,13-16,21,28H,5-8,12H2,1-2H3,(H,29,30)/t21-/m1/s1. The molecule has 0 radical (unpaired) electrons. The fourth-order valence-electron chi connectivity index (χ4n) is 4.50. The first-order valence-electron chi connectivity index (χ1n) is 11.5. The molecule has 1 atom stereocenters. The Kier molecular flexibility index (Phi) is 5.66. The molecule has 2 N–H and O–H groups in total. The number of nitrogens with zero attached hydrogens (tertiary/aromatic N) is 2. The molecule has 2 aliphatic rings. The van der Waals surface area contributed by atoms with Crippen LogP contribution in [0.4, 0.5) is 0 Å². The molecular weight excluding hydrogens is 436 g/mol. The third kappa shape index (κ3) is 4.37. The minimum Gasteiger partial charge on any atom is -0.345 e. The Hall–Kier alpha value is -2.84. The molecule has 5 rings (SSSR count). The lowest BCUT2D eigenvalue weighted by atomic mass is 9.99. The van der Waals surface area contributed by atoms with Crippen molar-refractivity contribution in [3.8, 4) is 0 Å². The minimum absolute atomic E-state index is 0.188. The van der Waals surface area contributed by atoms with Gasteiger partial charge in [-0.05, 0) is 67.0 Å². The maximum Gasteiger partial charge on any atom is 0.253 e. The molecule has 0 aliphatic heterocycles. The molecule has 0 bridgehead atoms. The van der Waals surface area contributed by atoms with Crippen molar-refractivity contribution in [2.24, 2.45) is 5.92 Å². The quantitative estimate of drug-likeness (QED) is 0.553. The van der Waals surface area contributed by atoms with E-state index >= 15 is 0 Å². The number of fused-ring (bicyclic) bond motifs is 3. The maximum absolute atomic E-state index is 13.3. The highest BCUT2D eigenvalue weighted by atomic mass is 32.2. The third-order valence-corrected chi connectivity index (χ3v) is 7.84. The molecule has 1 fully saturated rings. The fourth-order valence-corrected chi connectivity index (χ4v) is 5.97. The Morgan fingerprint density at radius 2 is 1.97 bits per heavy atom. The van der Waals surface area contributed by atoms with E-state index in [4.69, 9.17) is 0 Å². The zero-order valence-corrected chi connectivity index (χ0v) is 19.7. The molecule has 2 heterocycles. The monoisotopic (exact) mass is 464 g/mol. The summed E-state index contributed by atoms with van der Waals surface area (Å²) < 4.78 is 29.3. The minimum atomic E-state index is -3.68. The van der Waals surface area contributed by atoms with Gasteiger partial charge in [0.2, 0.25) is 10.0 Å². The van der Waals surface area contributed by atoms with Gasteiger partial charge < -0.3 is 5.32 Å². The lowest BCUT2D eigenvalue weighted by molar-refractivity contribution is 0.0936. The van der Waals surface area contributed by atoms with E-state index in [1.807, 2.05) is 19.9 Å². The maximum atomic E-state index is 13.3. The third-order valence-electron chi connectivity index (χ3n) is 6.38. The molecule has 1 saturated carbocycles. The Morgan fingerprint density at radius 1 is 1.15 bits per heavy atom. The number of carbonyl (C=O) groups is 1. The van der Waals surface area contributed by atoms with Crippen LogP contribution in [0.2, 0.25) is 0 Å². The van der Waals surface area contributed by atoms with Crippen molar-refractivity contribution < 1.29 is 13.2 Å². The van der Waals surface area contributed by atoms with Gasteiger partial charge in [-0.2, -0.15) is 0 Å². The number of nitrogens with one attached hydrogen (secondary N) is 2. The molecule has 3 aromatic rings. The first-order valence-corrected chi connectivity index (χ1v) is 13.0. The zero-order valence-electron chi connectivity index (χ0n) is 18.8. The van der Waals surface area contributed by atoms with E-state index in [9.17, 15) is 13.2 Å². The summed E-state index contributed by atoms with van der Waals surface area (Å²) >= 11 is 0. The Bertz CT molecular complexity index is 1320. The van der Waals surface area contributed by atoms with Gasteiger partial charge in [0.25, 0.3) is 5.91 Å². The Labute approximate surface area is 194 Å². The summed E-state index contributed by atoms with van der Waals surface area (Å²) in [6, 6.07) is 7.00. The summed E-state index contributed by atoms with van der Waals surface area (Å²) in [5.41, 5.74) is 3.36. The van der Waals surface area contributed by atoms with Crippen molar-refractivity contribution in [2.75, 3.05) is 6.54 Å². The molecule has 8 heteroatoms. The first kappa shape index (κ1) is 22.0. The lowest BCUT2D eigenvalue weighted by Crippen LogP contribution is -2.28. The van der Waals surface area contributed by atoms with Crippen molar-refractivity contribution in [1.82, 2.24) is 20.0 Å². The molecule has 0 saturated heterocycles. The van der Waals surface area contributed by atoms with E-state index in [1.165, 1.54) is 0 Å². The van der Waals surface area contributed by atoms with E-state index in [0.717, 1.165) is 35.0 Å². The molecule has 33 heavy (non-hydrogen) atoms. The normalized spacial score (nSPS) is 18.0. The second-order valence-electron chi connectivity index (χ2n) is 9.43. The van der Waals surface area contributed by atoms with Gasteiger partial charge in [-0.25, -0.2) is 13.1 Å². The molecule has 0 unspecified atom stereocenters. The molecule has 0 spiro atoms. The van der Waals surface area contributed by atoms with E-state index in [1.54, 1.807) is 36.8 Å². The highest BCUT2D eigenvalue weighted by Gasteiger charge is 2.32. The molecule has 2 aromatic heterocycles. The van der Waals surface area contributed by atoms with Crippen LogP contribution in [0.5, 0.6) is 0 Å². The van der Waals surface area contributed by atoms with E-state index < -0.39 is 10.0 Å². The second-order valence-corrected chi connectivity index (χ2v) is 11.2. The van der Waals surface area contributed by atoms with E-state index in [0.29, 0.717) is 41.1 Å². The van der Waals surface area contributed by atoms with Crippen LogP contribution >= 0.6 is 0 Å². The van der Waals surface area contributed by atoms with E-state index in [2.05, 4.69) is 20.0 Å². The van der Waals surface area contributed by atoms with Crippen molar-refractivity contribution in [2.45, 2.75) is 56.4 Å². The van der Waals surface area contributed by atoms with Gasteiger partial charge in [0, 0.05) is 47.5 Å². The van der Waals surface area contributed by atoms with Crippen LogP contribution in [0.25, 0.3) is 10.8 Å². The second kappa shape index (κ2) is 8.50. The van der Waals surface area contributed by atoms with Gasteiger partial charge in [-0.15, -0.1) is 0 Å². The highest BCUT2D eigenvalue weighted by molar-refractivity contribution is 7.89. The van der Waals surface area contributed by atoms with Gasteiger partial charge in [-0.1, -0.05) is 13.8 Å². The van der Waals surface area contributed by atoms with Crippen molar-refractivity contribution >= 4 is 26.7 Å². The van der Waals surface area contributed by atoms with Crippen LogP contribution in [0.1, 0.15) is 72.2 Å². The predicted octanol–water partition coefficient (Wildman–Crippen LogP) is 3.86. The van der Waals surface area contributed by atoms with Gasteiger partial charge >= 0.3 is 0 Å². The van der Waals surface area contributed by atoms with Gasteiger partial charge in [-0.3, -0.25) is 14.8 Å². The summed E-state index contributed by atoms with van der Waals surface area (Å²) in [6.45, 7) is 4.34. The van der Waals surface area contributed by atoms with Crippen LogP contribution in [0.3, 0.4) is 0 Å². The average Bonchev–Trinajstić information content (AvgIpc) is 3.58. The molecule has 2 aliphatic carbocycles. The Morgan fingerprint density at radius 3 is 2.67 bits per heavy atom. The first-order chi connectivity index (χ1) is 15.8. The number of aromatic nitrogens is 2. The number of aryl methyl sites for hydroxylation is 1. The number of amides is 1. The van der Waals surface area contributed by atoms with Crippen LogP contribution in [0.15, 0.2) is 47.8 Å². The molecule has 1 amide bonds. The fraction of sp³-hybridized carbons (Fsp3) is 0.400. The summed E-state index contributed by atoms with van der Waals surface area (Å²) in [6.07, 6.45) is 8.56. The SMILES string of the molecule is CC(C)CNS(=O)(=O)c1cc2c(c3cnc(C4CC4)cc13)[C@H](NC(=O)c1cccnc1)CC2. The van der Waals surface area contributed by atoms with Crippen LogP contribution < -0.4 is 10.0 Å². The summed E-state index contributed by atoms with van der Waals surface area (Å²) in [5, 5.41) is 4.61. The molecule has 1 aromatic carbocycles. The molecule has 172 valence electrons. The number of hydrogen-bond donors (Lipinski definition) is 2. The highest BCUT2D eigenvalue weighted by Crippen LogP contribution is 2.43. The topological polar surface area (TPSA) is 101 Å². The van der Waals surface area contributed by atoms with Crippen molar-refractivity contribution in [3.05, 3.63) is 65.2 Å². The number of rotatable bonds is 7. The summed E-state index contributed by atoms with van der Waals surface area (Å²) in [4.78, 5) is 21.8.